The average Bonchev–Trinajstić information content (AvgIpc) is 2.86. The van der Waals surface area contributed by atoms with Crippen LogP contribution in [0, 0.1) is 5.92 Å². The standard InChI is InChI=1S/C15H21N5O/c1-12(2)5-8-17-15(21)18-14-6-9-20(19-14)11-13-4-3-7-16-10-13/h3-4,6-7,9-10,12H,5,8,11H2,1-2H3,(H2,17,18,19,21). The molecule has 0 aliphatic carbocycles. The van der Waals surface area contributed by atoms with Crippen molar-refractivity contribution in [3.63, 3.8) is 0 Å². The van der Waals surface area contributed by atoms with Gasteiger partial charge in [0.25, 0.3) is 0 Å². The van der Waals surface area contributed by atoms with Crippen LogP contribution in [0.2, 0.25) is 0 Å². The number of urea groups is 1. The predicted molar refractivity (Wildman–Crippen MR) is 82.0 cm³/mol. The second kappa shape index (κ2) is 7.42. The van der Waals surface area contributed by atoms with Crippen molar-refractivity contribution in [2.75, 3.05) is 11.9 Å². The normalized spacial score (nSPS) is 10.6. The maximum Gasteiger partial charge on any atom is 0.320 e. The topological polar surface area (TPSA) is 71.8 Å². The van der Waals surface area contributed by atoms with Crippen LogP contribution >= 0.6 is 0 Å². The van der Waals surface area contributed by atoms with Gasteiger partial charge in [-0.15, -0.1) is 0 Å². The van der Waals surface area contributed by atoms with Gasteiger partial charge in [0.2, 0.25) is 0 Å². The molecular weight excluding hydrogens is 266 g/mol. The van der Waals surface area contributed by atoms with Gasteiger partial charge in [-0.1, -0.05) is 19.9 Å². The SMILES string of the molecule is CC(C)CCNC(=O)Nc1ccn(Cc2cccnc2)n1. The summed E-state index contributed by atoms with van der Waals surface area (Å²) in [5.74, 6) is 1.12. The number of nitrogens with zero attached hydrogens (tertiary/aromatic N) is 3. The van der Waals surface area contributed by atoms with Crippen LogP contribution < -0.4 is 10.6 Å². The summed E-state index contributed by atoms with van der Waals surface area (Å²) in [5, 5.41) is 9.84. The minimum atomic E-state index is -0.220. The monoisotopic (exact) mass is 287 g/mol. The number of carbonyl (C=O) groups is 1. The highest BCUT2D eigenvalue weighted by molar-refractivity contribution is 5.88. The molecule has 21 heavy (non-hydrogen) atoms. The Balaban J connectivity index is 1.81. The molecule has 2 N–H and O–H groups in total. The van der Waals surface area contributed by atoms with Crippen LogP contribution in [-0.4, -0.2) is 27.3 Å². The molecule has 0 aliphatic heterocycles. The lowest BCUT2D eigenvalue weighted by Crippen LogP contribution is -2.30. The summed E-state index contributed by atoms with van der Waals surface area (Å²) in [6.45, 7) is 5.55. The van der Waals surface area contributed by atoms with Crippen molar-refractivity contribution in [2.24, 2.45) is 5.92 Å². The molecule has 0 saturated heterocycles. The third-order valence-electron chi connectivity index (χ3n) is 2.96. The largest absolute Gasteiger partial charge is 0.338 e. The molecule has 2 rings (SSSR count). The van der Waals surface area contributed by atoms with Gasteiger partial charge in [0.15, 0.2) is 5.82 Å². The lowest BCUT2D eigenvalue weighted by Gasteiger charge is -2.07. The van der Waals surface area contributed by atoms with E-state index in [1.54, 1.807) is 23.1 Å². The van der Waals surface area contributed by atoms with Crippen molar-refractivity contribution in [3.8, 4) is 0 Å². The molecule has 2 amide bonds. The Morgan fingerprint density at radius 2 is 2.24 bits per heavy atom. The zero-order valence-corrected chi connectivity index (χ0v) is 12.4. The van der Waals surface area contributed by atoms with Gasteiger partial charge in [-0.05, 0) is 24.0 Å². The average molecular weight is 287 g/mol. The lowest BCUT2D eigenvalue weighted by atomic mass is 10.1. The molecule has 0 atom stereocenters. The first kappa shape index (κ1) is 15.0. The lowest BCUT2D eigenvalue weighted by molar-refractivity contribution is 0.251. The molecule has 2 aromatic heterocycles. The molecule has 2 aromatic rings. The van der Waals surface area contributed by atoms with Crippen molar-refractivity contribution in [2.45, 2.75) is 26.8 Å². The van der Waals surface area contributed by atoms with Gasteiger partial charge >= 0.3 is 6.03 Å². The molecule has 6 nitrogen and oxygen atoms in total. The van der Waals surface area contributed by atoms with Crippen molar-refractivity contribution in [3.05, 3.63) is 42.4 Å². The van der Waals surface area contributed by atoms with Gasteiger partial charge in [-0.3, -0.25) is 15.0 Å². The Labute approximate surface area is 124 Å². The van der Waals surface area contributed by atoms with Gasteiger partial charge in [0.1, 0.15) is 0 Å². The van der Waals surface area contributed by atoms with Crippen molar-refractivity contribution >= 4 is 11.8 Å². The van der Waals surface area contributed by atoms with Crippen molar-refractivity contribution in [1.29, 1.82) is 0 Å². The fraction of sp³-hybridized carbons (Fsp3) is 0.400. The van der Waals surface area contributed by atoms with E-state index in [2.05, 4.69) is 34.6 Å². The zero-order chi connectivity index (χ0) is 15.1. The number of pyridine rings is 1. The second-order valence-electron chi connectivity index (χ2n) is 5.32. The van der Waals surface area contributed by atoms with Crippen molar-refractivity contribution in [1.82, 2.24) is 20.1 Å². The van der Waals surface area contributed by atoms with Crippen LogP contribution in [0.15, 0.2) is 36.8 Å². The molecule has 2 heterocycles. The number of anilines is 1. The van der Waals surface area contributed by atoms with E-state index in [1.165, 1.54) is 0 Å². The summed E-state index contributed by atoms with van der Waals surface area (Å²) >= 11 is 0. The van der Waals surface area contributed by atoms with E-state index in [4.69, 9.17) is 0 Å². The molecule has 0 aromatic carbocycles. The Hall–Kier alpha value is -2.37. The first-order valence-electron chi connectivity index (χ1n) is 7.10. The fourth-order valence-corrected chi connectivity index (χ4v) is 1.83. The van der Waals surface area contributed by atoms with E-state index in [9.17, 15) is 4.79 Å². The van der Waals surface area contributed by atoms with E-state index in [0.29, 0.717) is 24.8 Å². The fourth-order valence-electron chi connectivity index (χ4n) is 1.83. The maximum atomic E-state index is 11.7. The molecule has 0 aliphatic rings. The third kappa shape index (κ3) is 5.25. The summed E-state index contributed by atoms with van der Waals surface area (Å²) < 4.78 is 1.76. The summed E-state index contributed by atoms with van der Waals surface area (Å²) in [5.41, 5.74) is 1.06. The van der Waals surface area contributed by atoms with Gasteiger partial charge in [-0.25, -0.2) is 4.79 Å². The molecule has 6 heteroatoms. The Bertz CT molecular complexity index is 564. The smallest absolute Gasteiger partial charge is 0.320 e. The zero-order valence-electron chi connectivity index (χ0n) is 12.4. The molecule has 0 spiro atoms. The summed E-state index contributed by atoms with van der Waals surface area (Å²) in [6, 6.07) is 5.43. The Morgan fingerprint density at radius 3 is 2.95 bits per heavy atom. The number of hydrogen-bond donors (Lipinski definition) is 2. The highest BCUT2D eigenvalue weighted by Gasteiger charge is 2.05. The molecule has 0 unspecified atom stereocenters. The number of aromatic nitrogens is 3. The first-order chi connectivity index (χ1) is 10.1. The summed E-state index contributed by atoms with van der Waals surface area (Å²) in [6.07, 6.45) is 6.33. The van der Waals surface area contributed by atoms with E-state index in [1.807, 2.05) is 18.3 Å². The quantitative estimate of drug-likeness (QED) is 0.857. The van der Waals surface area contributed by atoms with E-state index < -0.39 is 0 Å². The molecular formula is C15H21N5O. The van der Waals surface area contributed by atoms with Gasteiger partial charge in [-0.2, -0.15) is 5.10 Å². The molecule has 112 valence electrons. The third-order valence-corrected chi connectivity index (χ3v) is 2.96. The second-order valence-corrected chi connectivity index (χ2v) is 5.32. The summed E-state index contributed by atoms with van der Waals surface area (Å²) in [4.78, 5) is 15.7. The Morgan fingerprint density at radius 1 is 1.38 bits per heavy atom. The van der Waals surface area contributed by atoms with Gasteiger partial charge in [0, 0.05) is 31.2 Å². The van der Waals surface area contributed by atoms with Gasteiger partial charge in [0.05, 0.1) is 6.54 Å². The molecule has 0 bridgehead atoms. The number of nitrogens with one attached hydrogen (secondary N) is 2. The van der Waals surface area contributed by atoms with Crippen LogP contribution in [0.4, 0.5) is 10.6 Å². The highest BCUT2D eigenvalue weighted by Crippen LogP contribution is 2.05. The van der Waals surface area contributed by atoms with Crippen LogP contribution in [0.1, 0.15) is 25.8 Å². The van der Waals surface area contributed by atoms with E-state index in [0.717, 1.165) is 12.0 Å². The number of carbonyl (C=O) groups excluding carboxylic acids is 1. The van der Waals surface area contributed by atoms with Crippen LogP contribution in [-0.2, 0) is 6.54 Å². The number of amides is 2. The molecule has 0 fully saturated rings. The van der Waals surface area contributed by atoms with Crippen LogP contribution in [0.5, 0.6) is 0 Å². The maximum absolute atomic E-state index is 11.7. The number of hydrogen-bond acceptors (Lipinski definition) is 3. The molecule has 0 saturated carbocycles. The first-order valence-corrected chi connectivity index (χ1v) is 7.10. The molecule has 0 radical (unpaired) electrons. The minimum absolute atomic E-state index is 0.220. The Kier molecular flexibility index (Phi) is 5.31. The minimum Gasteiger partial charge on any atom is -0.338 e. The van der Waals surface area contributed by atoms with Crippen LogP contribution in [0.3, 0.4) is 0 Å². The predicted octanol–water partition coefficient (Wildman–Crippen LogP) is 2.49. The highest BCUT2D eigenvalue weighted by atomic mass is 16.2. The van der Waals surface area contributed by atoms with Crippen molar-refractivity contribution < 1.29 is 4.79 Å². The van der Waals surface area contributed by atoms with Gasteiger partial charge < -0.3 is 5.32 Å². The van der Waals surface area contributed by atoms with E-state index >= 15 is 0 Å². The summed E-state index contributed by atoms with van der Waals surface area (Å²) in [7, 11) is 0. The number of rotatable bonds is 6. The van der Waals surface area contributed by atoms with E-state index in [-0.39, 0.29) is 6.03 Å². The van der Waals surface area contributed by atoms with Crippen LogP contribution in [0.25, 0.3) is 0 Å².